The van der Waals surface area contributed by atoms with Crippen LogP contribution >= 0.6 is 23.1 Å². The van der Waals surface area contributed by atoms with Crippen molar-refractivity contribution in [3.05, 3.63) is 75.1 Å². The average molecular weight is 523 g/mol. The number of hydrogen-bond acceptors (Lipinski definition) is 9. The average Bonchev–Trinajstić information content (AvgIpc) is 3.28. The molecule has 0 unspecified atom stereocenters. The van der Waals surface area contributed by atoms with E-state index in [0.717, 1.165) is 43.2 Å². The summed E-state index contributed by atoms with van der Waals surface area (Å²) in [6.45, 7) is 3.80. The number of nitrogens with zero attached hydrogens (tertiary/aromatic N) is 5. The summed E-state index contributed by atoms with van der Waals surface area (Å²) in [5.41, 5.74) is 0.733. The molecule has 1 saturated heterocycles. The molecule has 1 N–H and O–H groups in total. The lowest BCUT2D eigenvalue weighted by atomic mass is 10.1. The molecule has 2 aromatic carbocycles. The van der Waals surface area contributed by atoms with E-state index in [1.807, 2.05) is 18.2 Å². The zero-order chi connectivity index (χ0) is 24.1. The Balaban J connectivity index is 1.25. The predicted octanol–water partition coefficient (Wildman–Crippen LogP) is 2.79. The Kier molecular flexibility index (Phi) is 7.73. The first-order valence-corrected chi connectivity index (χ1v) is 13.2. The maximum absolute atomic E-state index is 12.5. The van der Waals surface area contributed by atoms with Crippen molar-refractivity contribution in [1.82, 2.24) is 19.0 Å². The molecule has 1 aliphatic rings. The summed E-state index contributed by atoms with van der Waals surface area (Å²) >= 11 is 7.16. The molecule has 180 valence electrons. The van der Waals surface area contributed by atoms with E-state index in [-0.39, 0.29) is 16.5 Å². The van der Waals surface area contributed by atoms with Crippen LogP contribution in [0.3, 0.4) is 0 Å². The second-order valence-electron chi connectivity index (χ2n) is 7.75. The molecule has 1 fully saturated rings. The lowest BCUT2D eigenvalue weighted by molar-refractivity contribution is -0.384. The van der Waals surface area contributed by atoms with Gasteiger partial charge in [0.15, 0.2) is 0 Å². The largest absolute Gasteiger partial charge is 0.344 e. The van der Waals surface area contributed by atoms with Gasteiger partial charge in [-0.05, 0) is 17.7 Å². The summed E-state index contributed by atoms with van der Waals surface area (Å²) in [5.74, 6) is 0.811. The van der Waals surface area contributed by atoms with E-state index in [2.05, 4.69) is 36.0 Å². The van der Waals surface area contributed by atoms with E-state index < -0.39 is 20.6 Å². The molecule has 0 radical (unpaired) electrons. The van der Waals surface area contributed by atoms with E-state index in [4.69, 9.17) is 11.6 Å². The number of nitrogens with one attached hydrogen (secondary N) is 1. The second-order valence-corrected chi connectivity index (χ2v) is 10.7. The van der Waals surface area contributed by atoms with Gasteiger partial charge >= 0.3 is 0 Å². The minimum atomic E-state index is -3.88. The van der Waals surface area contributed by atoms with Crippen LogP contribution in [0.5, 0.6) is 0 Å². The highest BCUT2D eigenvalue weighted by Gasteiger charge is 2.23. The summed E-state index contributed by atoms with van der Waals surface area (Å²) in [6, 6.07) is 13.5. The molecule has 3 aromatic rings. The Bertz CT molecular complexity index is 1250. The van der Waals surface area contributed by atoms with Gasteiger partial charge < -0.3 is 4.90 Å². The summed E-state index contributed by atoms with van der Waals surface area (Å²) < 4.78 is 32.0. The van der Waals surface area contributed by atoms with Gasteiger partial charge in [-0.2, -0.15) is 4.37 Å². The Morgan fingerprint density at radius 2 is 1.85 bits per heavy atom. The number of benzene rings is 2. The second kappa shape index (κ2) is 10.7. The van der Waals surface area contributed by atoms with Crippen LogP contribution in [0.4, 0.5) is 10.8 Å². The zero-order valence-electron chi connectivity index (χ0n) is 18.1. The SMILES string of the molecule is O=[N+]([O-])c1cc(S(=O)(=O)NCCN2CCN(c3nc(Cc4ccccc4)ns3)CC2)ccc1Cl. The van der Waals surface area contributed by atoms with Crippen LogP contribution < -0.4 is 9.62 Å². The highest BCUT2D eigenvalue weighted by Crippen LogP contribution is 2.27. The van der Waals surface area contributed by atoms with Gasteiger partial charge in [0, 0.05) is 63.3 Å². The van der Waals surface area contributed by atoms with Gasteiger partial charge in [0.25, 0.3) is 5.69 Å². The van der Waals surface area contributed by atoms with Crippen molar-refractivity contribution in [1.29, 1.82) is 0 Å². The van der Waals surface area contributed by atoms with Crippen LogP contribution in [0.2, 0.25) is 5.02 Å². The van der Waals surface area contributed by atoms with E-state index in [1.165, 1.54) is 29.2 Å². The molecule has 10 nitrogen and oxygen atoms in total. The van der Waals surface area contributed by atoms with Crippen molar-refractivity contribution in [3.8, 4) is 0 Å². The molecule has 0 bridgehead atoms. The van der Waals surface area contributed by atoms with Gasteiger partial charge in [0.05, 0.1) is 9.82 Å². The van der Waals surface area contributed by atoms with Crippen LogP contribution in [0, 0.1) is 10.1 Å². The first-order chi connectivity index (χ1) is 16.3. The van der Waals surface area contributed by atoms with Crippen molar-refractivity contribution >= 4 is 44.0 Å². The molecule has 1 aliphatic heterocycles. The van der Waals surface area contributed by atoms with Gasteiger partial charge in [-0.3, -0.25) is 15.0 Å². The fourth-order valence-electron chi connectivity index (χ4n) is 3.61. The highest BCUT2D eigenvalue weighted by atomic mass is 35.5. The van der Waals surface area contributed by atoms with Crippen LogP contribution in [0.1, 0.15) is 11.4 Å². The Labute approximate surface area is 206 Å². The third-order valence-corrected chi connectivity index (χ3v) is 8.04. The minimum absolute atomic E-state index is 0.107. The van der Waals surface area contributed by atoms with Crippen LogP contribution in [0.15, 0.2) is 53.4 Å². The number of rotatable bonds is 9. The zero-order valence-corrected chi connectivity index (χ0v) is 20.5. The molecule has 2 heterocycles. The molecular weight excluding hydrogens is 500 g/mol. The fraction of sp³-hybridized carbons (Fsp3) is 0.333. The van der Waals surface area contributed by atoms with Gasteiger partial charge in [0.2, 0.25) is 15.2 Å². The summed E-state index contributed by atoms with van der Waals surface area (Å²) in [6.07, 6.45) is 0.703. The van der Waals surface area contributed by atoms with Crippen molar-refractivity contribution in [2.75, 3.05) is 44.2 Å². The molecule has 0 atom stereocenters. The summed E-state index contributed by atoms with van der Waals surface area (Å²) in [5, 5.41) is 11.8. The Hall–Kier alpha value is -2.64. The highest BCUT2D eigenvalue weighted by molar-refractivity contribution is 7.89. The lowest BCUT2D eigenvalue weighted by Gasteiger charge is -2.34. The molecule has 13 heteroatoms. The third-order valence-electron chi connectivity index (χ3n) is 5.45. The molecule has 4 rings (SSSR count). The number of anilines is 1. The number of nitro benzene ring substituents is 1. The van der Waals surface area contributed by atoms with Crippen LogP contribution in [0.25, 0.3) is 0 Å². The van der Waals surface area contributed by atoms with Crippen molar-refractivity contribution < 1.29 is 13.3 Å². The molecule has 0 saturated carbocycles. The molecule has 1 aromatic heterocycles. The number of nitro groups is 1. The first-order valence-electron chi connectivity index (χ1n) is 10.6. The Morgan fingerprint density at radius 1 is 1.12 bits per heavy atom. The number of sulfonamides is 1. The van der Waals surface area contributed by atoms with Crippen molar-refractivity contribution in [3.63, 3.8) is 0 Å². The van der Waals surface area contributed by atoms with E-state index >= 15 is 0 Å². The number of halogens is 1. The molecule has 0 amide bonds. The number of hydrogen-bond donors (Lipinski definition) is 1. The number of piperazine rings is 1. The smallest absolute Gasteiger partial charge is 0.289 e. The lowest BCUT2D eigenvalue weighted by Crippen LogP contribution is -2.48. The van der Waals surface area contributed by atoms with Gasteiger partial charge in [-0.1, -0.05) is 41.9 Å². The van der Waals surface area contributed by atoms with E-state index in [0.29, 0.717) is 13.0 Å². The molecule has 0 spiro atoms. The summed E-state index contributed by atoms with van der Waals surface area (Å²) in [7, 11) is -3.88. The van der Waals surface area contributed by atoms with Crippen molar-refractivity contribution in [2.45, 2.75) is 11.3 Å². The van der Waals surface area contributed by atoms with Crippen LogP contribution in [-0.2, 0) is 16.4 Å². The quantitative estimate of drug-likeness (QED) is 0.336. The molecule has 0 aliphatic carbocycles. The maximum Gasteiger partial charge on any atom is 0.289 e. The monoisotopic (exact) mass is 522 g/mol. The fourth-order valence-corrected chi connectivity index (χ4v) is 5.57. The first kappa shape index (κ1) is 24.5. The summed E-state index contributed by atoms with van der Waals surface area (Å²) in [4.78, 5) is 19.2. The topological polar surface area (TPSA) is 122 Å². The number of aromatic nitrogens is 2. The minimum Gasteiger partial charge on any atom is -0.344 e. The normalized spacial score (nSPS) is 14.9. The van der Waals surface area contributed by atoms with Gasteiger partial charge in [-0.15, -0.1) is 0 Å². The Morgan fingerprint density at radius 3 is 2.56 bits per heavy atom. The van der Waals surface area contributed by atoms with Crippen LogP contribution in [-0.4, -0.2) is 66.9 Å². The van der Waals surface area contributed by atoms with E-state index in [1.54, 1.807) is 0 Å². The maximum atomic E-state index is 12.5. The predicted molar refractivity (Wildman–Crippen MR) is 131 cm³/mol. The van der Waals surface area contributed by atoms with E-state index in [9.17, 15) is 18.5 Å². The van der Waals surface area contributed by atoms with Gasteiger partial charge in [-0.25, -0.2) is 18.1 Å². The molecule has 34 heavy (non-hydrogen) atoms. The van der Waals surface area contributed by atoms with Crippen molar-refractivity contribution in [2.24, 2.45) is 0 Å². The standard InChI is InChI=1S/C21H23ClN6O4S2/c22-18-7-6-17(15-19(18)28(29)30)34(31,32)23-8-9-26-10-12-27(13-11-26)21-24-20(25-33-21)14-16-4-2-1-3-5-16/h1-7,15,23H,8-14H2. The van der Waals surface area contributed by atoms with Gasteiger partial charge in [0.1, 0.15) is 10.8 Å². The molecular formula is C21H23ClN6O4S2. The third kappa shape index (κ3) is 6.07.